The first kappa shape index (κ1) is 24.2. The number of hydrogen-bond acceptors (Lipinski definition) is 5. The van der Waals surface area contributed by atoms with Crippen molar-refractivity contribution in [3.05, 3.63) is 56.7 Å². The average molecular weight is 430 g/mol. The van der Waals surface area contributed by atoms with E-state index in [2.05, 4.69) is 31.1 Å². The van der Waals surface area contributed by atoms with Crippen LogP contribution in [0.5, 0.6) is 0 Å². The first-order chi connectivity index (χ1) is 14.7. The summed E-state index contributed by atoms with van der Waals surface area (Å²) in [4.78, 5) is 41.9. The van der Waals surface area contributed by atoms with Crippen molar-refractivity contribution < 1.29 is 4.79 Å². The first-order valence-corrected chi connectivity index (χ1v) is 10.9. The zero-order valence-corrected chi connectivity index (χ0v) is 19.0. The Hall–Kier alpha value is -3.03. The Morgan fingerprint density at radius 1 is 1.16 bits per heavy atom. The van der Waals surface area contributed by atoms with Gasteiger partial charge in [0, 0.05) is 12.6 Å². The van der Waals surface area contributed by atoms with E-state index in [1.54, 1.807) is 4.90 Å². The van der Waals surface area contributed by atoms with Gasteiger partial charge in [-0.15, -0.1) is 0 Å². The zero-order chi connectivity index (χ0) is 23.0. The lowest BCUT2D eigenvalue weighted by molar-refractivity contribution is -0.120. The minimum Gasteiger partial charge on any atom is -0.383 e. The van der Waals surface area contributed by atoms with E-state index in [-0.39, 0.29) is 36.5 Å². The number of nitrogens with two attached hydrogens (primary N) is 1. The predicted molar refractivity (Wildman–Crippen MR) is 125 cm³/mol. The molecule has 1 heterocycles. The summed E-state index contributed by atoms with van der Waals surface area (Å²) in [5, 5.41) is 2.97. The fourth-order valence-corrected chi connectivity index (χ4v) is 3.49. The molecule has 170 valence electrons. The van der Waals surface area contributed by atoms with Gasteiger partial charge in [-0.1, -0.05) is 57.5 Å². The third-order valence-electron chi connectivity index (χ3n) is 5.15. The minimum atomic E-state index is -0.579. The van der Waals surface area contributed by atoms with Crippen LogP contribution in [0.1, 0.15) is 52.5 Å². The molecule has 0 aliphatic heterocycles. The third kappa shape index (κ3) is 7.01. The largest absolute Gasteiger partial charge is 0.383 e. The van der Waals surface area contributed by atoms with Gasteiger partial charge < -0.3 is 16.0 Å². The van der Waals surface area contributed by atoms with Gasteiger partial charge in [0.05, 0.1) is 13.1 Å². The van der Waals surface area contributed by atoms with Crippen LogP contribution in [0.2, 0.25) is 0 Å². The van der Waals surface area contributed by atoms with Gasteiger partial charge in [-0.2, -0.15) is 0 Å². The SMILES string of the molecule is CCC[C@H](C)NC(=O)CN(CCC(C)C)c1c(N)n(Cc2ccccc2)c(=O)[nH]c1=O. The number of hydrogen-bond donors (Lipinski definition) is 3. The molecule has 2 aromatic rings. The molecule has 0 aliphatic rings. The second-order valence-electron chi connectivity index (χ2n) is 8.43. The summed E-state index contributed by atoms with van der Waals surface area (Å²) < 4.78 is 1.34. The summed E-state index contributed by atoms with van der Waals surface area (Å²) in [6.45, 7) is 8.88. The van der Waals surface area contributed by atoms with Crippen LogP contribution in [-0.2, 0) is 11.3 Å². The number of aromatic amines is 1. The van der Waals surface area contributed by atoms with Crippen molar-refractivity contribution in [1.82, 2.24) is 14.9 Å². The molecule has 1 amide bonds. The molecule has 0 saturated carbocycles. The number of nitrogen functional groups attached to an aromatic ring is 1. The van der Waals surface area contributed by atoms with Gasteiger partial charge in [0.1, 0.15) is 11.5 Å². The molecule has 0 bridgehead atoms. The molecule has 0 aliphatic carbocycles. The highest BCUT2D eigenvalue weighted by Gasteiger charge is 2.22. The van der Waals surface area contributed by atoms with E-state index < -0.39 is 11.2 Å². The van der Waals surface area contributed by atoms with Gasteiger partial charge >= 0.3 is 5.69 Å². The molecular weight excluding hydrogens is 394 g/mol. The summed E-state index contributed by atoms with van der Waals surface area (Å²) in [7, 11) is 0. The maximum absolute atomic E-state index is 12.7. The lowest BCUT2D eigenvalue weighted by atomic mass is 10.1. The molecule has 31 heavy (non-hydrogen) atoms. The van der Waals surface area contributed by atoms with Gasteiger partial charge in [0.15, 0.2) is 0 Å². The molecule has 4 N–H and O–H groups in total. The molecule has 0 spiro atoms. The van der Waals surface area contributed by atoms with E-state index in [4.69, 9.17) is 5.73 Å². The maximum Gasteiger partial charge on any atom is 0.330 e. The third-order valence-corrected chi connectivity index (χ3v) is 5.15. The number of nitrogens with zero attached hydrogens (tertiary/aromatic N) is 2. The van der Waals surface area contributed by atoms with Gasteiger partial charge in [0.25, 0.3) is 5.56 Å². The summed E-state index contributed by atoms with van der Waals surface area (Å²) in [5.74, 6) is 0.264. The summed E-state index contributed by atoms with van der Waals surface area (Å²) in [6.07, 6.45) is 2.62. The Bertz CT molecular complexity index is 965. The van der Waals surface area contributed by atoms with Gasteiger partial charge in [-0.3, -0.25) is 19.1 Å². The van der Waals surface area contributed by atoms with Crippen molar-refractivity contribution in [2.24, 2.45) is 5.92 Å². The molecule has 2 rings (SSSR count). The molecule has 0 fully saturated rings. The monoisotopic (exact) mass is 429 g/mol. The smallest absolute Gasteiger partial charge is 0.330 e. The quantitative estimate of drug-likeness (QED) is 0.507. The van der Waals surface area contributed by atoms with E-state index >= 15 is 0 Å². The highest BCUT2D eigenvalue weighted by Crippen LogP contribution is 2.19. The van der Waals surface area contributed by atoms with E-state index in [0.29, 0.717) is 12.5 Å². The predicted octanol–water partition coefficient (Wildman–Crippen LogP) is 2.32. The Balaban J connectivity index is 2.39. The van der Waals surface area contributed by atoms with Crippen molar-refractivity contribution in [2.75, 3.05) is 23.7 Å². The van der Waals surface area contributed by atoms with Crippen LogP contribution in [0.3, 0.4) is 0 Å². The standard InChI is InChI=1S/C23H35N5O3/c1-5-9-17(4)25-19(29)15-27(13-12-16(2)3)20-21(24)28(23(31)26-22(20)30)14-18-10-7-6-8-11-18/h6-8,10-11,16-17H,5,9,12-15,24H2,1-4H3,(H,25,29)(H,26,30,31)/t17-/m0/s1. The van der Waals surface area contributed by atoms with E-state index in [1.165, 1.54) is 4.57 Å². The van der Waals surface area contributed by atoms with Crippen LogP contribution in [-0.4, -0.2) is 34.6 Å². The van der Waals surface area contributed by atoms with Crippen LogP contribution >= 0.6 is 0 Å². The molecule has 1 atom stereocenters. The van der Waals surface area contributed by atoms with Crippen molar-refractivity contribution in [1.29, 1.82) is 0 Å². The van der Waals surface area contributed by atoms with Gasteiger partial charge in [0.2, 0.25) is 5.91 Å². The molecule has 0 saturated heterocycles. The van der Waals surface area contributed by atoms with Crippen LogP contribution in [0, 0.1) is 5.92 Å². The Kier molecular flexibility index (Phi) is 8.90. The highest BCUT2D eigenvalue weighted by molar-refractivity contribution is 5.82. The Morgan fingerprint density at radius 2 is 1.84 bits per heavy atom. The zero-order valence-electron chi connectivity index (χ0n) is 19.0. The van der Waals surface area contributed by atoms with Gasteiger partial charge in [-0.25, -0.2) is 4.79 Å². The minimum absolute atomic E-state index is 0.00239. The number of nitrogens with one attached hydrogen (secondary N) is 2. The number of benzene rings is 1. The van der Waals surface area contributed by atoms with Crippen molar-refractivity contribution >= 4 is 17.4 Å². The fourth-order valence-electron chi connectivity index (χ4n) is 3.49. The van der Waals surface area contributed by atoms with Crippen LogP contribution in [0.15, 0.2) is 39.9 Å². The fraction of sp³-hybridized carbons (Fsp3) is 0.522. The molecule has 1 aromatic carbocycles. The number of rotatable bonds is 11. The second-order valence-corrected chi connectivity index (χ2v) is 8.43. The highest BCUT2D eigenvalue weighted by atomic mass is 16.2. The van der Waals surface area contributed by atoms with Crippen LogP contribution in [0.25, 0.3) is 0 Å². The van der Waals surface area contributed by atoms with E-state index in [1.807, 2.05) is 37.3 Å². The lowest BCUT2D eigenvalue weighted by Crippen LogP contribution is -2.45. The Morgan fingerprint density at radius 3 is 2.45 bits per heavy atom. The van der Waals surface area contributed by atoms with Crippen LogP contribution < -0.4 is 27.2 Å². The summed E-state index contributed by atoms with van der Waals surface area (Å²) in [6, 6.07) is 9.46. The van der Waals surface area contributed by atoms with E-state index in [9.17, 15) is 14.4 Å². The number of carbonyl (C=O) groups is 1. The van der Waals surface area contributed by atoms with Gasteiger partial charge in [-0.05, 0) is 31.2 Å². The molecule has 1 aromatic heterocycles. The average Bonchev–Trinajstić information content (AvgIpc) is 2.69. The van der Waals surface area contributed by atoms with Crippen molar-refractivity contribution in [3.63, 3.8) is 0 Å². The first-order valence-electron chi connectivity index (χ1n) is 10.9. The van der Waals surface area contributed by atoms with Crippen LogP contribution in [0.4, 0.5) is 11.5 Å². The number of anilines is 2. The maximum atomic E-state index is 12.7. The number of carbonyl (C=O) groups excluding carboxylic acids is 1. The Labute approximate surface area is 183 Å². The summed E-state index contributed by atoms with van der Waals surface area (Å²) >= 11 is 0. The topological polar surface area (TPSA) is 113 Å². The lowest BCUT2D eigenvalue weighted by Gasteiger charge is -2.27. The molecule has 0 unspecified atom stereocenters. The molecule has 8 nitrogen and oxygen atoms in total. The molecule has 8 heteroatoms. The molecular formula is C23H35N5O3. The van der Waals surface area contributed by atoms with E-state index in [0.717, 1.165) is 24.8 Å². The van der Waals surface area contributed by atoms with Crippen molar-refractivity contribution in [2.45, 2.75) is 59.5 Å². The second kappa shape index (κ2) is 11.4. The van der Waals surface area contributed by atoms with Crippen molar-refractivity contribution in [3.8, 4) is 0 Å². The number of H-pyrrole nitrogens is 1. The molecule has 0 radical (unpaired) electrons. The number of amides is 1. The normalized spacial score (nSPS) is 12.0. The summed E-state index contributed by atoms with van der Waals surface area (Å²) in [5.41, 5.74) is 6.23. The number of aromatic nitrogens is 2.